The minimum Gasteiger partial charge on any atom is -0.356 e. The molecule has 17 heavy (non-hydrogen) atoms. The molecular weight excluding hydrogens is 214 g/mol. The predicted octanol–water partition coefficient (Wildman–Crippen LogP) is 1.08. The van der Waals surface area contributed by atoms with Gasteiger partial charge in [0.25, 0.3) is 0 Å². The van der Waals surface area contributed by atoms with E-state index in [0.717, 1.165) is 25.2 Å². The standard InChI is InChI=1S/C13H21N3O/c1-16(2)11-5-10-15-13(17)8-7-12-6-3-4-9-14-12/h3-4,6,9H,5,7-8,10-11H2,1-2H3,(H,15,17). The lowest BCUT2D eigenvalue weighted by Crippen LogP contribution is -2.27. The molecule has 0 aliphatic carbocycles. The third kappa shape index (κ3) is 6.68. The van der Waals surface area contributed by atoms with E-state index in [-0.39, 0.29) is 5.91 Å². The molecule has 1 aromatic rings. The van der Waals surface area contributed by atoms with Gasteiger partial charge >= 0.3 is 0 Å². The van der Waals surface area contributed by atoms with E-state index in [9.17, 15) is 4.79 Å². The summed E-state index contributed by atoms with van der Waals surface area (Å²) in [5.74, 6) is 0.106. The van der Waals surface area contributed by atoms with Crippen molar-refractivity contribution in [1.29, 1.82) is 0 Å². The Balaban J connectivity index is 2.09. The second-order valence-corrected chi connectivity index (χ2v) is 4.33. The van der Waals surface area contributed by atoms with Gasteiger partial charge in [-0.25, -0.2) is 0 Å². The first-order valence-electron chi connectivity index (χ1n) is 6.00. The smallest absolute Gasteiger partial charge is 0.220 e. The van der Waals surface area contributed by atoms with E-state index in [4.69, 9.17) is 0 Å². The summed E-state index contributed by atoms with van der Waals surface area (Å²) < 4.78 is 0. The maximum absolute atomic E-state index is 11.5. The van der Waals surface area contributed by atoms with Gasteiger partial charge < -0.3 is 10.2 Å². The maximum Gasteiger partial charge on any atom is 0.220 e. The summed E-state index contributed by atoms with van der Waals surface area (Å²) in [6, 6.07) is 5.77. The van der Waals surface area contributed by atoms with Crippen LogP contribution < -0.4 is 5.32 Å². The Kier molecular flexibility index (Phi) is 6.25. The number of carbonyl (C=O) groups is 1. The molecule has 0 fully saturated rings. The molecule has 0 saturated carbocycles. The van der Waals surface area contributed by atoms with Crippen molar-refractivity contribution in [3.63, 3.8) is 0 Å². The zero-order valence-electron chi connectivity index (χ0n) is 10.6. The van der Waals surface area contributed by atoms with Gasteiger partial charge in [0.05, 0.1) is 0 Å². The number of nitrogens with one attached hydrogen (secondary N) is 1. The molecule has 4 heteroatoms. The minimum absolute atomic E-state index is 0.106. The Hall–Kier alpha value is -1.42. The van der Waals surface area contributed by atoms with Gasteiger partial charge in [0, 0.05) is 24.9 Å². The summed E-state index contributed by atoms with van der Waals surface area (Å²) in [4.78, 5) is 17.8. The van der Waals surface area contributed by atoms with Crippen LogP contribution in [0.4, 0.5) is 0 Å². The quantitative estimate of drug-likeness (QED) is 0.719. The van der Waals surface area contributed by atoms with Crippen molar-refractivity contribution in [2.24, 2.45) is 0 Å². The summed E-state index contributed by atoms with van der Waals surface area (Å²) in [7, 11) is 4.06. The van der Waals surface area contributed by atoms with E-state index >= 15 is 0 Å². The molecule has 0 aromatic carbocycles. The molecule has 1 heterocycles. The Morgan fingerprint density at radius 1 is 1.41 bits per heavy atom. The van der Waals surface area contributed by atoms with Crippen molar-refractivity contribution in [3.05, 3.63) is 30.1 Å². The van der Waals surface area contributed by atoms with Gasteiger partial charge in [-0.1, -0.05) is 6.07 Å². The second kappa shape index (κ2) is 7.79. The van der Waals surface area contributed by atoms with Crippen LogP contribution in [0.3, 0.4) is 0 Å². The third-order valence-corrected chi connectivity index (χ3v) is 2.44. The molecule has 0 spiro atoms. The van der Waals surface area contributed by atoms with Gasteiger partial charge in [-0.2, -0.15) is 0 Å². The molecule has 1 N–H and O–H groups in total. The summed E-state index contributed by atoms with van der Waals surface area (Å²) in [6.45, 7) is 1.75. The van der Waals surface area contributed by atoms with Crippen LogP contribution in [0.2, 0.25) is 0 Å². The number of aromatic nitrogens is 1. The van der Waals surface area contributed by atoms with Crippen molar-refractivity contribution in [2.45, 2.75) is 19.3 Å². The highest BCUT2D eigenvalue weighted by atomic mass is 16.1. The minimum atomic E-state index is 0.106. The molecule has 1 aromatic heterocycles. The van der Waals surface area contributed by atoms with Crippen LogP contribution in [0.1, 0.15) is 18.5 Å². The molecular formula is C13H21N3O. The summed E-state index contributed by atoms with van der Waals surface area (Å²) in [6.07, 6.45) is 3.96. The lowest BCUT2D eigenvalue weighted by Gasteiger charge is -2.09. The Morgan fingerprint density at radius 3 is 2.88 bits per heavy atom. The molecule has 0 aliphatic rings. The average Bonchev–Trinajstić information content (AvgIpc) is 2.33. The lowest BCUT2D eigenvalue weighted by atomic mass is 10.2. The van der Waals surface area contributed by atoms with Gasteiger partial charge in [-0.15, -0.1) is 0 Å². The van der Waals surface area contributed by atoms with E-state index in [2.05, 4.69) is 15.2 Å². The van der Waals surface area contributed by atoms with Crippen molar-refractivity contribution in [3.8, 4) is 0 Å². The van der Waals surface area contributed by atoms with E-state index in [0.29, 0.717) is 12.8 Å². The number of pyridine rings is 1. The zero-order valence-corrected chi connectivity index (χ0v) is 10.6. The van der Waals surface area contributed by atoms with Crippen molar-refractivity contribution < 1.29 is 4.79 Å². The Bertz CT molecular complexity index is 325. The monoisotopic (exact) mass is 235 g/mol. The fourth-order valence-electron chi connectivity index (χ4n) is 1.50. The first-order valence-corrected chi connectivity index (χ1v) is 6.00. The topological polar surface area (TPSA) is 45.2 Å². The third-order valence-electron chi connectivity index (χ3n) is 2.44. The van der Waals surface area contributed by atoms with Crippen molar-refractivity contribution in [1.82, 2.24) is 15.2 Å². The number of hydrogen-bond donors (Lipinski definition) is 1. The largest absolute Gasteiger partial charge is 0.356 e. The summed E-state index contributed by atoms with van der Waals surface area (Å²) >= 11 is 0. The fraction of sp³-hybridized carbons (Fsp3) is 0.538. The predicted molar refractivity (Wildman–Crippen MR) is 68.7 cm³/mol. The second-order valence-electron chi connectivity index (χ2n) is 4.33. The molecule has 1 amide bonds. The number of rotatable bonds is 7. The van der Waals surface area contributed by atoms with E-state index in [1.54, 1.807) is 6.20 Å². The molecule has 94 valence electrons. The normalized spacial score (nSPS) is 10.5. The van der Waals surface area contributed by atoms with Crippen molar-refractivity contribution in [2.75, 3.05) is 27.2 Å². The average molecular weight is 235 g/mol. The molecule has 0 atom stereocenters. The highest BCUT2D eigenvalue weighted by molar-refractivity contribution is 5.76. The zero-order chi connectivity index (χ0) is 12.5. The molecule has 0 saturated heterocycles. The van der Waals surface area contributed by atoms with E-state index in [1.165, 1.54) is 0 Å². The number of nitrogens with zero attached hydrogens (tertiary/aromatic N) is 2. The first kappa shape index (κ1) is 13.6. The van der Waals surface area contributed by atoms with Gasteiger partial charge in [0.15, 0.2) is 0 Å². The van der Waals surface area contributed by atoms with Crippen LogP contribution in [0.5, 0.6) is 0 Å². The van der Waals surface area contributed by atoms with E-state index in [1.807, 2.05) is 32.3 Å². The molecule has 0 radical (unpaired) electrons. The fourth-order valence-corrected chi connectivity index (χ4v) is 1.50. The van der Waals surface area contributed by atoms with Gasteiger partial charge in [-0.05, 0) is 45.6 Å². The Labute approximate surface area is 103 Å². The lowest BCUT2D eigenvalue weighted by molar-refractivity contribution is -0.121. The van der Waals surface area contributed by atoms with Crippen LogP contribution in [-0.4, -0.2) is 43.0 Å². The van der Waals surface area contributed by atoms with Crippen molar-refractivity contribution >= 4 is 5.91 Å². The Morgan fingerprint density at radius 2 is 2.24 bits per heavy atom. The highest BCUT2D eigenvalue weighted by Crippen LogP contribution is 1.97. The number of amides is 1. The van der Waals surface area contributed by atoms with Gasteiger partial charge in [-0.3, -0.25) is 9.78 Å². The number of aryl methyl sites for hydroxylation is 1. The van der Waals surface area contributed by atoms with Gasteiger partial charge in [0.1, 0.15) is 0 Å². The van der Waals surface area contributed by atoms with E-state index < -0.39 is 0 Å². The molecule has 4 nitrogen and oxygen atoms in total. The first-order chi connectivity index (χ1) is 8.18. The maximum atomic E-state index is 11.5. The van der Waals surface area contributed by atoms with Gasteiger partial charge in [0.2, 0.25) is 5.91 Å². The summed E-state index contributed by atoms with van der Waals surface area (Å²) in [5.41, 5.74) is 0.968. The number of carbonyl (C=O) groups excluding carboxylic acids is 1. The van der Waals surface area contributed by atoms with Crippen LogP contribution in [0.15, 0.2) is 24.4 Å². The van der Waals surface area contributed by atoms with Crippen LogP contribution in [-0.2, 0) is 11.2 Å². The summed E-state index contributed by atoms with van der Waals surface area (Å²) in [5, 5.41) is 2.91. The SMILES string of the molecule is CN(C)CCCNC(=O)CCc1ccccn1. The van der Waals surface area contributed by atoms with Crippen LogP contribution >= 0.6 is 0 Å². The van der Waals surface area contributed by atoms with Crippen LogP contribution in [0.25, 0.3) is 0 Å². The molecule has 0 bridgehead atoms. The molecule has 0 unspecified atom stereocenters. The number of hydrogen-bond acceptors (Lipinski definition) is 3. The highest BCUT2D eigenvalue weighted by Gasteiger charge is 2.02. The molecule has 1 rings (SSSR count). The van der Waals surface area contributed by atoms with Crippen LogP contribution in [0, 0.1) is 0 Å². The molecule has 0 aliphatic heterocycles.